The van der Waals surface area contributed by atoms with E-state index in [1.807, 2.05) is 0 Å². The molecule has 0 saturated heterocycles. The number of alkyl halides is 6. The molecule has 0 N–H and O–H groups in total. The van der Waals surface area contributed by atoms with Crippen molar-refractivity contribution in [3.05, 3.63) is 23.8 Å². The topological polar surface area (TPSA) is 18.5 Å². The van der Waals surface area contributed by atoms with Crippen LogP contribution >= 0.6 is 0 Å². The Labute approximate surface area is 104 Å². The van der Waals surface area contributed by atoms with Gasteiger partial charge in [-0.1, -0.05) is 0 Å². The van der Waals surface area contributed by atoms with Gasteiger partial charge in [-0.3, -0.25) is 0 Å². The highest BCUT2D eigenvalue weighted by Gasteiger charge is 2.35. The molecule has 0 aliphatic heterocycles. The number of benzene rings is 1. The summed E-state index contributed by atoms with van der Waals surface area (Å²) in [5.74, 6) is -1.32. The van der Waals surface area contributed by atoms with Gasteiger partial charge in [-0.15, -0.1) is 13.2 Å². The van der Waals surface area contributed by atoms with Gasteiger partial charge in [0.05, 0.1) is 11.7 Å². The SMILES string of the molecule is CC(C)Oc1cc(OC(F)(F)F)cc(C(F)(F)F)c1. The molecule has 0 spiro atoms. The first-order chi connectivity index (χ1) is 8.47. The van der Waals surface area contributed by atoms with Crippen LogP contribution in [-0.2, 0) is 6.18 Å². The second kappa shape index (κ2) is 5.18. The Balaban J connectivity index is 3.16. The van der Waals surface area contributed by atoms with Crippen molar-refractivity contribution in [3.63, 3.8) is 0 Å². The highest BCUT2D eigenvalue weighted by Crippen LogP contribution is 2.36. The second-order valence-corrected chi connectivity index (χ2v) is 3.91. The molecule has 0 aromatic heterocycles. The number of halogens is 6. The summed E-state index contributed by atoms with van der Waals surface area (Å²) >= 11 is 0. The van der Waals surface area contributed by atoms with Gasteiger partial charge in [0.25, 0.3) is 0 Å². The molecule has 0 heterocycles. The predicted molar refractivity (Wildman–Crippen MR) is 53.9 cm³/mol. The maximum Gasteiger partial charge on any atom is 0.573 e. The van der Waals surface area contributed by atoms with E-state index in [9.17, 15) is 26.3 Å². The largest absolute Gasteiger partial charge is 0.573 e. The Morgan fingerprint density at radius 2 is 1.42 bits per heavy atom. The third kappa shape index (κ3) is 5.27. The smallest absolute Gasteiger partial charge is 0.491 e. The molecule has 0 aliphatic rings. The molecule has 0 saturated carbocycles. The van der Waals surface area contributed by atoms with Crippen molar-refractivity contribution in [1.82, 2.24) is 0 Å². The minimum absolute atomic E-state index is 0.265. The van der Waals surface area contributed by atoms with E-state index in [2.05, 4.69) is 4.74 Å². The van der Waals surface area contributed by atoms with Crippen molar-refractivity contribution in [3.8, 4) is 11.5 Å². The fourth-order valence-corrected chi connectivity index (χ4v) is 1.27. The molecule has 0 aliphatic carbocycles. The molecule has 0 atom stereocenters. The third-order valence-electron chi connectivity index (χ3n) is 1.81. The zero-order valence-electron chi connectivity index (χ0n) is 9.89. The van der Waals surface area contributed by atoms with E-state index in [1.54, 1.807) is 0 Å². The van der Waals surface area contributed by atoms with Crippen LogP contribution in [0.15, 0.2) is 18.2 Å². The van der Waals surface area contributed by atoms with Gasteiger partial charge in [0.2, 0.25) is 0 Å². The fraction of sp³-hybridized carbons (Fsp3) is 0.455. The molecule has 1 aromatic rings. The van der Waals surface area contributed by atoms with Crippen molar-refractivity contribution in [2.45, 2.75) is 32.5 Å². The number of hydrogen-bond donors (Lipinski definition) is 0. The molecule has 108 valence electrons. The third-order valence-corrected chi connectivity index (χ3v) is 1.81. The van der Waals surface area contributed by atoms with Crippen LogP contribution in [0.25, 0.3) is 0 Å². The molecule has 0 radical (unpaired) electrons. The first-order valence-electron chi connectivity index (χ1n) is 5.12. The van der Waals surface area contributed by atoms with Crippen LogP contribution in [0.2, 0.25) is 0 Å². The van der Waals surface area contributed by atoms with Crippen molar-refractivity contribution < 1.29 is 35.8 Å². The van der Waals surface area contributed by atoms with Gasteiger partial charge >= 0.3 is 12.5 Å². The van der Waals surface area contributed by atoms with Gasteiger partial charge in [0.1, 0.15) is 11.5 Å². The van der Waals surface area contributed by atoms with E-state index in [1.165, 1.54) is 13.8 Å². The molecule has 0 amide bonds. The average Bonchev–Trinajstić information content (AvgIpc) is 2.11. The summed E-state index contributed by atoms with van der Waals surface area (Å²) in [6, 6.07) is 1.63. The van der Waals surface area contributed by atoms with Crippen LogP contribution in [0.4, 0.5) is 26.3 Å². The Hall–Kier alpha value is -1.60. The van der Waals surface area contributed by atoms with E-state index in [-0.39, 0.29) is 11.8 Å². The van der Waals surface area contributed by atoms with Crippen molar-refractivity contribution >= 4 is 0 Å². The van der Waals surface area contributed by atoms with Crippen LogP contribution in [0.5, 0.6) is 11.5 Å². The van der Waals surface area contributed by atoms with Crippen LogP contribution < -0.4 is 9.47 Å². The highest BCUT2D eigenvalue weighted by molar-refractivity contribution is 5.40. The molecule has 0 bridgehead atoms. The zero-order chi connectivity index (χ0) is 14.8. The lowest BCUT2D eigenvalue weighted by Gasteiger charge is -2.16. The van der Waals surface area contributed by atoms with E-state index in [4.69, 9.17) is 4.74 Å². The second-order valence-electron chi connectivity index (χ2n) is 3.91. The molecular formula is C11H10F6O2. The Morgan fingerprint density at radius 1 is 0.895 bits per heavy atom. The van der Waals surface area contributed by atoms with E-state index >= 15 is 0 Å². The van der Waals surface area contributed by atoms with Crippen molar-refractivity contribution in [1.29, 1.82) is 0 Å². The summed E-state index contributed by atoms with van der Waals surface area (Å²) in [4.78, 5) is 0. The fourth-order valence-electron chi connectivity index (χ4n) is 1.27. The van der Waals surface area contributed by atoms with Crippen LogP contribution in [-0.4, -0.2) is 12.5 Å². The van der Waals surface area contributed by atoms with Gasteiger partial charge in [-0.05, 0) is 26.0 Å². The highest BCUT2D eigenvalue weighted by atomic mass is 19.4. The van der Waals surface area contributed by atoms with E-state index in [0.717, 1.165) is 6.07 Å². The van der Waals surface area contributed by atoms with Crippen molar-refractivity contribution in [2.24, 2.45) is 0 Å². The van der Waals surface area contributed by atoms with Crippen LogP contribution in [0.3, 0.4) is 0 Å². The minimum atomic E-state index is -5.07. The number of hydrogen-bond acceptors (Lipinski definition) is 2. The molecule has 1 aromatic carbocycles. The molecular weight excluding hydrogens is 278 g/mol. The van der Waals surface area contributed by atoms with Crippen molar-refractivity contribution in [2.75, 3.05) is 0 Å². The first-order valence-corrected chi connectivity index (χ1v) is 5.12. The predicted octanol–water partition coefficient (Wildman–Crippen LogP) is 4.39. The summed E-state index contributed by atoms with van der Waals surface area (Å²) in [6.45, 7) is 3.06. The minimum Gasteiger partial charge on any atom is -0.491 e. The Kier molecular flexibility index (Phi) is 4.21. The lowest BCUT2D eigenvalue weighted by atomic mass is 10.2. The standard InChI is InChI=1S/C11H10F6O2/c1-6(2)18-8-3-7(10(12,13)14)4-9(5-8)19-11(15,16)17/h3-6H,1-2H3. The van der Waals surface area contributed by atoms with E-state index < -0.39 is 30.0 Å². The average molecular weight is 288 g/mol. The molecule has 0 unspecified atom stereocenters. The maximum atomic E-state index is 12.5. The van der Waals surface area contributed by atoms with Crippen LogP contribution in [0.1, 0.15) is 19.4 Å². The Morgan fingerprint density at radius 3 is 1.84 bits per heavy atom. The lowest BCUT2D eigenvalue weighted by Crippen LogP contribution is -2.18. The molecule has 8 heteroatoms. The van der Waals surface area contributed by atoms with Crippen LogP contribution in [0, 0.1) is 0 Å². The summed E-state index contributed by atoms with van der Waals surface area (Å²) in [7, 11) is 0. The summed E-state index contributed by atoms with van der Waals surface area (Å²) in [5, 5.41) is 0. The monoisotopic (exact) mass is 288 g/mol. The summed E-state index contributed by atoms with van der Waals surface area (Å²) < 4.78 is 82.1. The van der Waals surface area contributed by atoms with Gasteiger partial charge in [-0.2, -0.15) is 13.2 Å². The first kappa shape index (κ1) is 15.5. The van der Waals surface area contributed by atoms with Gasteiger partial charge in [0.15, 0.2) is 0 Å². The zero-order valence-corrected chi connectivity index (χ0v) is 9.89. The number of rotatable bonds is 3. The maximum absolute atomic E-state index is 12.5. The van der Waals surface area contributed by atoms with Gasteiger partial charge in [-0.25, -0.2) is 0 Å². The van der Waals surface area contributed by atoms with E-state index in [0.29, 0.717) is 6.07 Å². The van der Waals surface area contributed by atoms with Gasteiger partial charge < -0.3 is 9.47 Å². The molecule has 2 nitrogen and oxygen atoms in total. The molecule has 0 fully saturated rings. The molecule has 1 rings (SSSR count). The molecule has 19 heavy (non-hydrogen) atoms. The lowest BCUT2D eigenvalue weighted by molar-refractivity contribution is -0.274. The normalized spacial score (nSPS) is 12.7. The summed E-state index contributed by atoms with van der Waals surface area (Å²) in [5.41, 5.74) is -1.27. The Bertz CT molecular complexity index is 436. The summed E-state index contributed by atoms with van der Waals surface area (Å²) in [6.07, 6.45) is -10.3. The number of ether oxygens (including phenoxy) is 2. The quantitative estimate of drug-likeness (QED) is 0.768. The van der Waals surface area contributed by atoms with Gasteiger partial charge in [0, 0.05) is 6.07 Å².